The molecule has 5 heteroatoms. The van der Waals surface area contributed by atoms with Gasteiger partial charge in [0.05, 0.1) is 4.47 Å². The van der Waals surface area contributed by atoms with Crippen molar-refractivity contribution in [2.24, 2.45) is 17.6 Å². The molecule has 19 heavy (non-hydrogen) atoms. The summed E-state index contributed by atoms with van der Waals surface area (Å²) in [6.07, 6.45) is 0.982. The number of carbonyl (C=O) groups excluding carboxylic acids is 1. The monoisotopic (exact) mass is 326 g/mol. The summed E-state index contributed by atoms with van der Waals surface area (Å²) in [5.41, 5.74) is 6.27. The lowest BCUT2D eigenvalue weighted by atomic mass is 9.87. The van der Waals surface area contributed by atoms with Crippen LogP contribution in [-0.2, 0) is 0 Å². The fourth-order valence-corrected chi connectivity index (χ4v) is 2.72. The van der Waals surface area contributed by atoms with Crippen molar-refractivity contribution in [3.63, 3.8) is 0 Å². The Kier molecular flexibility index (Phi) is 4.47. The lowest BCUT2D eigenvalue weighted by molar-refractivity contribution is 0.0618. The molecule has 0 radical (unpaired) electrons. The minimum Gasteiger partial charge on any atom is -0.507 e. The van der Waals surface area contributed by atoms with E-state index in [-0.39, 0.29) is 11.7 Å². The van der Waals surface area contributed by atoms with Crippen LogP contribution in [0.3, 0.4) is 0 Å². The highest BCUT2D eigenvalue weighted by atomic mass is 79.9. The van der Waals surface area contributed by atoms with Crippen LogP contribution in [0.4, 0.5) is 0 Å². The highest BCUT2D eigenvalue weighted by molar-refractivity contribution is 9.10. The first kappa shape index (κ1) is 14.3. The number of carbonyl (C=O) groups is 1. The second-order valence-electron chi connectivity index (χ2n) is 5.18. The van der Waals surface area contributed by atoms with E-state index in [4.69, 9.17) is 5.73 Å². The molecule has 0 saturated carbocycles. The van der Waals surface area contributed by atoms with Crippen LogP contribution >= 0.6 is 15.9 Å². The molecule has 1 fully saturated rings. The van der Waals surface area contributed by atoms with Gasteiger partial charge in [0.1, 0.15) is 5.75 Å². The predicted octanol–water partition coefficient (Wildman–Crippen LogP) is 2.21. The first-order chi connectivity index (χ1) is 9.02. The zero-order chi connectivity index (χ0) is 14.0. The Balaban J connectivity index is 2.13. The summed E-state index contributed by atoms with van der Waals surface area (Å²) < 4.78 is 0.594. The molecule has 1 aliphatic rings. The topological polar surface area (TPSA) is 66.6 Å². The molecule has 1 saturated heterocycles. The minimum atomic E-state index is -0.0341. The summed E-state index contributed by atoms with van der Waals surface area (Å²) in [5, 5.41) is 9.65. The minimum absolute atomic E-state index is 0.0341. The second-order valence-corrected chi connectivity index (χ2v) is 6.03. The van der Waals surface area contributed by atoms with Crippen LogP contribution in [0, 0.1) is 11.8 Å². The van der Waals surface area contributed by atoms with Gasteiger partial charge in [0.15, 0.2) is 0 Å². The van der Waals surface area contributed by atoms with Crippen LogP contribution in [0.15, 0.2) is 22.7 Å². The molecule has 0 bridgehead atoms. The Labute approximate surface area is 121 Å². The standard InChI is InChI=1S/C14H19BrN2O2/c1-9-4-5-17(8-11(9)7-16)14(19)10-2-3-12(15)13(18)6-10/h2-3,6,9,11,18H,4-5,7-8,16H2,1H3. The molecule has 4 nitrogen and oxygen atoms in total. The quantitative estimate of drug-likeness (QED) is 0.875. The molecule has 2 atom stereocenters. The van der Waals surface area contributed by atoms with Crippen LogP contribution in [-0.4, -0.2) is 35.5 Å². The highest BCUT2D eigenvalue weighted by Gasteiger charge is 2.28. The normalized spacial score (nSPS) is 23.4. The van der Waals surface area contributed by atoms with Crippen molar-refractivity contribution in [1.82, 2.24) is 4.90 Å². The lowest BCUT2D eigenvalue weighted by Gasteiger charge is -2.36. The van der Waals surface area contributed by atoms with E-state index in [1.807, 2.05) is 4.90 Å². The Morgan fingerprint density at radius 2 is 2.32 bits per heavy atom. The third-order valence-corrected chi connectivity index (χ3v) is 4.57. The number of halogens is 1. The maximum atomic E-state index is 12.4. The molecule has 1 aromatic rings. The van der Waals surface area contributed by atoms with E-state index < -0.39 is 0 Å². The molecule has 1 amide bonds. The van der Waals surface area contributed by atoms with Gasteiger partial charge in [-0.05, 0) is 58.9 Å². The molecule has 0 aromatic heterocycles. The van der Waals surface area contributed by atoms with E-state index in [0.717, 1.165) is 13.0 Å². The summed E-state index contributed by atoms with van der Waals surface area (Å²) in [4.78, 5) is 14.2. The van der Waals surface area contributed by atoms with E-state index >= 15 is 0 Å². The number of nitrogens with two attached hydrogens (primary N) is 1. The molecule has 2 rings (SSSR count). The van der Waals surface area contributed by atoms with Crippen LogP contribution in [0.2, 0.25) is 0 Å². The Morgan fingerprint density at radius 3 is 2.95 bits per heavy atom. The number of phenols is 1. The van der Waals surface area contributed by atoms with Gasteiger partial charge in [-0.3, -0.25) is 4.79 Å². The van der Waals surface area contributed by atoms with Crippen molar-refractivity contribution in [3.05, 3.63) is 28.2 Å². The third-order valence-electron chi connectivity index (χ3n) is 3.90. The van der Waals surface area contributed by atoms with Crippen LogP contribution in [0.25, 0.3) is 0 Å². The largest absolute Gasteiger partial charge is 0.507 e. The number of nitrogens with zero attached hydrogens (tertiary/aromatic N) is 1. The number of benzene rings is 1. The molecular formula is C14H19BrN2O2. The molecule has 1 heterocycles. The summed E-state index contributed by atoms with van der Waals surface area (Å²) in [7, 11) is 0. The van der Waals surface area contributed by atoms with Crippen molar-refractivity contribution in [1.29, 1.82) is 0 Å². The van der Waals surface area contributed by atoms with Gasteiger partial charge in [0.25, 0.3) is 5.91 Å². The second kappa shape index (κ2) is 5.92. The fourth-order valence-electron chi connectivity index (χ4n) is 2.47. The molecule has 3 N–H and O–H groups in total. The van der Waals surface area contributed by atoms with Crippen LogP contribution in [0.5, 0.6) is 5.75 Å². The molecule has 1 aromatic carbocycles. The molecule has 0 spiro atoms. The zero-order valence-corrected chi connectivity index (χ0v) is 12.6. The van der Waals surface area contributed by atoms with E-state index in [1.165, 1.54) is 6.07 Å². The zero-order valence-electron chi connectivity index (χ0n) is 11.0. The summed E-state index contributed by atoms with van der Waals surface area (Å²) in [5.74, 6) is 0.980. The van der Waals surface area contributed by atoms with E-state index in [2.05, 4.69) is 22.9 Å². The number of hydrogen-bond donors (Lipinski definition) is 2. The van der Waals surface area contributed by atoms with Crippen molar-refractivity contribution in [3.8, 4) is 5.75 Å². The fraction of sp³-hybridized carbons (Fsp3) is 0.500. The number of likely N-dealkylation sites (tertiary alicyclic amines) is 1. The lowest BCUT2D eigenvalue weighted by Crippen LogP contribution is -2.45. The SMILES string of the molecule is CC1CCN(C(=O)c2ccc(Br)c(O)c2)CC1CN. The van der Waals surface area contributed by atoms with Gasteiger partial charge in [-0.15, -0.1) is 0 Å². The number of piperidine rings is 1. The smallest absolute Gasteiger partial charge is 0.253 e. The number of aromatic hydroxyl groups is 1. The number of phenolic OH excluding ortho intramolecular Hbond substituents is 1. The predicted molar refractivity (Wildman–Crippen MR) is 78.0 cm³/mol. The number of amides is 1. The van der Waals surface area contributed by atoms with Gasteiger partial charge < -0.3 is 15.7 Å². The van der Waals surface area contributed by atoms with Crippen molar-refractivity contribution >= 4 is 21.8 Å². The molecule has 0 aliphatic carbocycles. The Morgan fingerprint density at radius 1 is 1.58 bits per heavy atom. The van der Waals surface area contributed by atoms with Gasteiger partial charge in [-0.25, -0.2) is 0 Å². The maximum absolute atomic E-state index is 12.4. The van der Waals surface area contributed by atoms with Gasteiger partial charge in [-0.2, -0.15) is 0 Å². The van der Waals surface area contributed by atoms with Gasteiger partial charge in [0.2, 0.25) is 0 Å². The average molecular weight is 327 g/mol. The Hall–Kier alpha value is -1.07. The van der Waals surface area contributed by atoms with Crippen molar-refractivity contribution in [2.75, 3.05) is 19.6 Å². The average Bonchev–Trinajstić information content (AvgIpc) is 2.41. The maximum Gasteiger partial charge on any atom is 0.253 e. The highest BCUT2D eigenvalue weighted by Crippen LogP contribution is 2.27. The van der Waals surface area contributed by atoms with Gasteiger partial charge in [-0.1, -0.05) is 6.92 Å². The summed E-state index contributed by atoms with van der Waals surface area (Å²) in [6, 6.07) is 4.92. The van der Waals surface area contributed by atoms with E-state index in [1.54, 1.807) is 12.1 Å². The summed E-state index contributed by atoms with van der Waals surface area (Å²) >= 11 is 3.21. The summed E-state index contributed by atoms with van der Waals surface area (Å²) in [6.45, 7) is 4.25. The van der Waals surface area contributed by atoms with Crippen LogP contribution < -0.4 is 5.73 Å². The number of rotatable bonds is 2. The third kappa shape index (κ3) is 3.09. The Bertz CT molecular complexity index is 479. The van der Waals surface area contributed by atoms with Crippen molar-refractivity contribution in [2.45, 2.75) is 13.3 Å². The van der Waals surface area contributed by atoms with E-state index in [9.17, 15) is 9.90 Å². The number of hydrogen-bond acceptors (Lipinski definition) is 3. The first-order valence-corrected chi connectivity index (χ1v) is 7.30. The molecule has 104 valence electrons. The molecule has 1 aliphatic heterocycles. The first-order valence-electron chi connectivity index (χ1n) is 6.50. The van der Waals surface area contributed by atoms with Crippen molar-refractivity contribution < 1.29 is 9.90 Å². The van der Waals surface area contributed by atoms with Gasteiger partial charge >= 0.3 is 0 Å². The molecular weight excluding hydrogens is 308 g/mol. The molecule has 2 unspecified atom stereocenters. The van der Waals surface area contributed by atoms with Gasteiger partial charge in [0, 0.05) is 18.7 Å². The van der Waals surface area contributed by atoms with E-state index in [0.29, 0.717) is 35.0 Å². The van der Waals surface area contributed by atoms with Crippen LogP contribution in [0.1, 0.15) is 23.7 Å².